The molecular formula is C20H18Cl2N2O4. The number of allylic oxidation sites excluding steroid dienone is 1. The van der Waals surface area contributed by atoms with Gasteiger partial charge in [0.15, 0.2) is 0 Å². The molecule has 2 aromatic rings. The van der Waals surface area contributed by atoms with Gasteiger partial charge in [-0.25, -0.2) is 9.59 Å². The SMILES string of the molecule is COc1ccc(COC(=O)C2=C(C)NC(=O)NC2c2ccc(Cl)cc2Cl)cc1. The Labute approximate surface area is 172 Å². The lowest BCUT2D eigenvalue weighted by Gasteiger charge is -2.28. The van der Waals surface area contributed by atoms with E-state index in [1.807, 2.05) is 12.1 Å². The van der Waals surface area contributed by atoms with Crippen LogP contribution in [0.4, 0.5) is 4.79 Å². The Bertz CT molecular complexity index is 942. The van der Waals surface area contributed by atoms with Gasteiger partial charge in [-0.3, -0.25) is 0 Å². The molecule has 0 saturated heterocycles. The number of halogens is 2. The minimum atomic E-state index is -0.748. The largest absolute Gasteiger partial charge is 0.497 e. The highest BCUT2D eigenvalue weighted by atomic mass is 35.5. The van der Waals surface area contributed by atoms with Crippen molar-refractivity contribution in [1.82, 2.24) is 10.6 Å². The minimum absolute atomic E-state index is 0.0780. The van der Waals surface area contributed by atoms with Crippen molar-refractivity contribution < 1.29 is 19.1 Å². The molecule has 0 spiro atoms. The molecule has 1 aliphatic rings. The molecule has 3 rings (SSSR count). The number of ether oxygens (including phenoxy) is 2. The van der Waals surface area contributed by atoms with Gasteiger partial charge in [0.25, 0.3) is 0 Å². The van der Waals surface area contributed by atoms with E-state index in [1.54, 1.807) is 44.4 Å². The molecule has 0 bridgehead atoms. The topological polar surface area (TPSA) is 76.7 Å². The molecule has 146 valence electrons. The molecule has 2 aromatic carbocycles. The predicted molar refractivity (Wildman–Crippen MR) is 106 cm³/mol. The van der Waals surface area contributed by atoms with E-state index < -0.39 is 18.0 Å². The third kappa shape index (κ3) is 4.40. The highest BCUT2D eigenvalue weighted by Gasteiger charge is 2.33. The van der Waals surface area contributed by atoms with E-state index in [1.165, 1.54) is 0 Å². The number of benzene rings is 2. The first kappa shape index (κ1) is 20.0. The first-order valence-corrected chi connectivity index (χ1v) is 9.18. The Kier molecular flexibility index (Phi) is 6.11. The number of hydrogen-bond acceptors (Lipinski definition) is 4. The number of urea groups is 1. The maximum Gasteiger partial charge on any atom is 0.338 e. The molecule has 1 unspecified atom stereocenters. The highest BCUT2D eigenvalue weighted by molar-refractivity contribution is 6.35. The summed E-state index contributed by atoms with van der Waals surface area (Å²) in [6, 6.07) is 10.9. The van der Waals surface area contributed by atoms with Gasteiger partial charge < -0.3 is 20.1 Å². The highest BCUT2D eigenvalue weighted by Crippen LogP contribution is 2.33. The molecule has 8 heteroatoms. The van der Waals surface area contributed by atoms with Crippen LogP contribution in [0.15, 0.2) is 53.7 Å². The van der Waals surface area contributed by atoms with Gasteiger partial charge in [0.05, 0.1) is 18.7 Å². The second kappa shape index (κ2) is 8.54. The fraction of sp³-hybridized carbons (Fsp3) is 0.200. The molecule has 1 heterocycles. The third-order valence-electron chi connectivity index (χ3n) is 4.29. The minimum Gasteiger partial charge on any atom is -0.497 e. The zero-order valence-electron chi connectivity index (χ0n) is 15.2. The molecular weight excluding hydrogens is 403 g/mol. The van der Waals surface area contributed by atoms with Crippen LogP contribution < -0.4 is 15.4 Å². The average Bonchev–Trinajstić information content (AvgIpc) is 2.66. The number of methoxy groups -OCH3 is 1. The standard InChI is InChI=1S/C20H18Cl2N2O4/c1-11-17(19(25)28-10-12-3-6-14(27-2)7-4-12)18(24-20(26)23-11)15-8-5-13(21)9-16(15)22/h3-9,18H,10H2,1-2H3,(H2,23,24,26). The molecule has 0 saturated carbocycles. The van der Waals surface area contributed by atoms with Gasteiger partial charge in [-0.1, -0.05) is 41.4 Å². The van der Waals surface area contributed by atoms with Crippen molar-refractivity contribution in [2.45, 2.75) is 19.6 Å². The van der Waals surface area contributed by atoms with Crippen LogP contribution in [0.25, 0.3) is 0 Å². The second-order valence-corrected chi connectivity index (χ2v) is 7.00. The van der Waals surface area contributed by atoms with Crippen LogP contribution in [0.3, 0.4) is 0 Å². The van der Waals surface area contributed by atoms with Crippen LogP contribution in [0.2, 0.25) is 10.0 Å². The molecule has 0 aromatic heterocycles. The zero-order valence-corrected chi connectivity index (χ0v) is 16.7. The predicted octanol–water partition coefficient (Wildman–Crippen LogP) is 4.37. The Morgan fingerprint density at radius 2 is 1.86 bits per heavy atom. The summed E-state index contributed by atoms with van der Waals surface area (Å²) >= 11 is 12.2. The molecule has 0 fully saturated rings. The number of nitrogens with one attached hydrogen (secondary N) is 2. The van der Waals surface area contributed by atoms with Crippen molar-refractivity contribution >= 4 is 35.2 Å². The summed E-state index contributed by atoms with van der Waals surface area (Å²) in [7, 11) is 1.58. The Hall–Kier alpha value is -2.70. The van der Waals surface area contributed by atoms with Crippen LogP contribution in [0.5, 0.6) is 5.75 Å². The van der Waals surface area contributed by atoms with Crippen LogP contribution in [-0.4, -0.2) is 19.1 Å². The van der Waals surface area contributed by atoms with E-state index in [-0.39, 0.29) is 12.2 Å². The molecule has 0 radical (unpaired) electrons. The second-order valence-electron chi connectivity index (χ2n) is 6.16. The molecule has 28 heavy (non-hydrogen) atoms. The van der Waals surface area contributed by atoms with Crippen LogP contribution in [-0.2, 0) is 16.1 Å². The smallest absolute Gasteiger partial charge is 0.338 e. The zero-order chi connectivity index (χ0) is 20.3. The third-order valence-corrected chi connectivity index (χ3v) is 4.85. The van der Waals surface area contributed by atoms with Crippen LogP contribution in [0.1, 0.15) is 24.1 Å². The van der Waals surface area contributed by atoms with Crippen molar-refractivity contribution in [2.75, 3.05) is 7.11 Å². The van der Waals surface area contributed by atoms with E-state index in [0.717, 1.165) is 5.56 Å². The summed E-state index contributed by atoms with van der Waals surface area (Å²) in [5, 5.41) is 6.11. The van der Waals surface area contributed by atoms with E-state index in [4.69, 9.17) is 32.7 Å². The summed E-state index contributed by atoms with van der Waals surface area (Å²) in [6.07, 6.45) is 0. The summed E-state index contributed by atoms with van der Waals surface area (Å²) < 4.78 is 10.6. The quantitative estimate of drug-likeness (QED) is 0.703. The summed E-state index contributed by atoms with van der Waals surface area (Å²) in [6.45, 7) is 1.72. The number of rotatable bonds is 5. The summed E-state index contributed by atoms with van der Waals surface area (Å²) in [5.41, 5.74) is 2.04. The van der Waals surface area contributed by atoms with Gasteiger partial charge in [0, 0.05) is 15.7 Å². The van der Waals surface area contributed by atoms with Crippen molar-refractivity contribution in [3.05, 3.63) is 74.9 Å². The number of hydrogen-bond donors (Lipinski definition) is 2. The normalized spacial score (nSPS) is 16.3. The molecule has 1 aliphatic heterocycles. The van der Waals surface area contributed by atoms with Crippen molar-refractivity contribution in [3.63, 3.8) is 0 Å². The lowest BCUT2D eigenvalue weighted by Crippen LogP contribution is -2.45. The van der Waals surface area contributed by atoms with Crippen molar-refractivity contribution in [2.24, 2.45) is 0 Å². The van der Waals surface area contributed by atoms with E-state index in [0.29, 0.717) is 27.1 Å². The maximum atomic E-state index is 12.8. The van der Waals surface area contributed by atoms with Gasteiger partial charge in [0.1, 0.15) is 12.4 Å². The fourth-order valence-electron chi connectivity index (χ4n) is 2.88. The van der Waals surface area contributed by atoms with Gasteiger partial charge in [0.2, 0.25) is 0 Å². The van der Waals surface area contributed by atoms with Crippen LogP contribution in [0, 0.1) is 0 Å². The Morgan fingerprint density at radius 3 is 2.50 bits per heavy atom. The van der Waals surface area contributed by atoms with E-state index in [2.05, 4.69) is 10.6 Å². The monoisotopic (exact) mass is 420 g/mol. The fourth-order valence-corrected chi connectivity index (χ4v) is 3.40. The average molecular weight is 421 g/mol. The lowest BCUT2D eigenvalue weighted by atomic mass is 9.95. The molecule has 1 atom stereocenters. The maximum absolute atomic E-state index is 12.8. The van der Waals surface area contributed by atoms with Crippen molar-refractivity contribution in [3.8, 4) is 5.75 Å². The first-order valence-electron chi connectivity index (χ1n) is 8.42. The first-order chi connectivity index (χ1) is 13.4. The molecule has 2 N–H and O–H groups in total. The van der Waals surface area contributed by atoms with E-state index in [9.17, 15) is 9.59 Å². The Balaban J connectivity index is 1.83. The Morgan fingerprint density at radius 1 is 1.14 bits per heavy atom. The molecule has 2 amide bonds. The van der Waals surface area contributed by atoms with Crippen molar-refractivity contribution in [1.29, 1.82) is 0 Å². The van der Waals surface area contributed by atoms with Gasteiger partial charge in [-0.15, -0.1) is 0 Å². The number of amides is 2. The van der Waals surface area contributed by atoms with E-state index >= 15 is 0 Å². The number of esters is 1. The van der Waals surface area contributed by atoms with Crippen LogP contribution >= 0.6 is 23.2 Å². The summed E-state index contributed by atoms with van der Waals surface area (Å²) in [5.74, 6) is 0.155. The lowest BCUT2D eigenvalue weighted by molar-refractivity contribution is -0.140. The number of carbonyl (C=O) groups excluding carboxylic acids is 2. The molecule has 6 nitrogen and oxygen atoms in total. The number of carbonyl (C=O) groups is 2. The molecule has 0 aliphatic carbocycles. The summed E-state index contributed by atoms with van der Waals surface area (Å²) in [4.78, 5) is 24.8. The van der Waals surface area contributed by atoms with Gasteiger partial charge in [-0.2, -0.15) is 0 Å². The van der Waals surface area contributed by atoms with Gasteiger partial charge in [-0.05, 0) is 42.3 Å². The van der Waals surface area contributed by atoms with Gasteiger partial charge >= 0.3 is 12.0 Å².